The molecule has 0 saturated carbocycles. The molecule has 1 fully saturated rings. The van der Waals surface area contributed by atoms with E-state index in [9.17, 15) is 4.79 Å². The Morgan fingerprint density at radius 1 is 1.50 bits per heavy atom. The van der Waals surface area contributed by atoms with Crippen molar-refractivity contribution in [2.75, 3.05) is 13.2 Å². The lowest BCUT2D eigenvalue weighted by atomic mass is 10.0. The number of hydrogen-bond acceptors (Lipinski definition) is 3. The van der Waals surface area contributed by atoms with Crippen LogP contribution < -0.4 is 5.73 Å². The maximum Gasteiger partial charge on any atom is 0.239 e. The van der Waals surface area contributed by atoms with E-state index in [1.165, 1.54) is 0 Å². The highest BCUT2D eigenvalue weighted by molar-refractivity contribution is 5.82. The zero-order chi connectivity index (χ0) is 12.3. The maximum atomic E-state index is 12.1. The van der Waals surface area contributed by atoms with Crippen molar-refractivity contribution >= 4 is 5.91 Å². The molecular weight excluding hydrogens is 204 g/mol. The predicted molar refractivity (Wildman–Crippen MR) is 64.0 cm³/mol. The third-order valence-electron chi connectivity index (χ3n) is 2.93. The molecule has 0 aromatic rings. The van der Waals surface area contributed by atoms with Gasteiger partial charge in [-0.2, -0.15) is 0 Å². The van der Waals surface area contributed by atoms with E-state index in [0.717, 1.165) is 6.42 Å². The Morgan fingerprint density at radius 3 is 2.69 bits per heavy atom. The summed E-state index contributed by atoms with van der Waals surface area (Å²) in [5.74, 6) is 0.518. The number of carbonyl (C=O) groups excluding carboxylic acids is 1. The van der Waals surface area contributed by atoms with Crippen LogP contribution in [0.1, 0.15) is 34.1 Å². The van der Waals surface area contributed by atoms with Crippen molar-refractivity contribution in [2.24, 2.45) is 11.7 Å². The van der Waals surface area contributed by atoms with E-state index in [1.54, 1.807) is 0 Å². The summed E-state index contributed by atoms with van der Waals surface area (Å²) < 4.78 is 5.50. The first-order chi connectivity index (χ1) is 7.41. The molecule has 94 valence electrons. The molecule has 2 N–H and O–H groups in total. The monoisotopic (exact) mass is 228 g/mol. The van der Waals surface area contributed by atoms with Crippen LogP contribution in [0, 0.1) is 5.92 Å². The fourth-order valence-electron chi connectivity index (χ4n) is 2.03. The highest BCUT2D eigenvalue weighted by atomic mass is 16.5. The molecule has 0 aliphatic carbocycles. The number of carbonyl (C=O) groups is 1. The minimum Gasteiger partial charge on any atom is -0.375 e. The number of nitrogens with zero attached hydrogens (tertiary/aromatic N) is 1. The van der Waals surface area contributed by atoms with Gasteiger partial charge in [-0.15, -0.1) is 0 Å². The number of nitrogens with two attached hydrogens (primary N) is 1. The molecule has 1 rings (SSSR count). The van der Waals surface area contributed by atoms with Crippen molar-refractivity contribution in [3.63, 3.8) is 0 Å². The molecule has 0 bridgehead atoms. The van der Waals surface area contributed by atoms with Gasteiger partial charge in [0.25, 0.3) is 0 Å². The van der Waals surface area contributed by atoms with E-state index in [4.69, 9.17) is 10.5 Å². The van der Waals surface area contributed by atoms with Crippen LogP contribution >= 0.6 is 0 Å². The van der Waals surface area contributed by atoms with Crippen LogP contribution in [0.25, 0.3) is 0 Å². The van der Waals surface area contributed by atoms with Crippen LogP contribution in [0.15, 0.2) is 0 Å². The molecule has 0 spiro atoms. The van der Waals surface area contributed by atoms with Gasteiger partial charge >= 0.3 is 0 Å². The predicted octanol–water partition coefficient (Wildman–Crippen LogP) is 0.996. The molecule has 3 atom stereocenters. The Morgan fingerprint density at radius 2 is 2.12 bits per heavy atom. The van der Waals surface area contributed by atoms with Crippen molar-refractivity contribution in [2.45, 2.75) is 52.3 Å². The third kappa shape index (κ3) is 3.46. The first-order valence-corrected chi connectivity index (χ1v) is 6.09. The number of hydrogen-bond donors (Lipinski definition) is 1. The van der Waals surface area contributed by atoms with Crippen LogP contribution in [0.3, 0.4) is 0 Å². The molecule has 1 aliphatic heterocycles. The molecule has 4 heteroatoms. The molecule has 16 heavy (non-hydrogen) atoms. The minimum absolute atomic E-state index is 0.0661. The summed E-state index contributed by atoms with van der Waals surface area (Å²) in [5.41, 5.74) is 5.92. The second kappa shape index (κ2) is 5.64. The average Bonchev–Trinajstić information content (AvgIpc) is 2.19. The summed E-state index contributed by atoms with van der Waals surface area (Å²) in [6, 6.07) is -0.227. The molecule has 1 amide bonds. The fraction of sp³-hybridized carbons (Fsp3) is 0.917. The summed E-state index contributed by atoms with van der Waals surface area (Å²) >= 11 is 0. The Balaban J connectivity index is 2.57. The van der Waals surface area contributed by atoms with Crippen LogP contribution in [-0.2, 0) is 9.53 Å². The second-order valence-corrected chi connectivity index (χ2v) is 5.22. The SMILES string of the molecule is CC(C)C[C@H](N)C(=O)N1CC(C)OCC1C. The van der Waals surface area contributed by atoms with Gasteiger partial charge in [0.05, 0.1) is 24.8 Å². The van der Waals surface area contributed by atoms with Crippen molar-refractivity contribution in [1.82, 2.24) is 4.90 Å². The number of morpholine rings is 1. The van der Waals surface area contributed by atoms with Crippen molar-refractivity contribution in [3.05, 3.63) is 0 Å². The summed E-state index contributed by atoms with van der Waals surface area (Å²) in [4.78, 5) is 14.0. The van der Waals surface area contributed by atoms with Gasteiger partial charge in [-0.25, -0.2) is 0 Å². The first kappa shape index (κ1) is 13.5. The topological polar surface area (TPSA) is 55.6 Å². The Kier molecular flexibility index (Phi) is 4.74. The van der Waals surface area contributed by atoms with Crippen molar-refractivity contribution in [1.29, 1.82) is 0 Å². The highest BCUT2D eigenvalue weighted by Crippen LogP contribution is 2.14. The van der Waals surface area contributed by atoms with Gasteiger partial charge in [0.2, 0.25) is 5.91 Å². The largest absolute Gasteiger partial charge is 0.375 e. The lowest BCUT2D eigenvalue weighted by Gasteiger charge is -2.38. The summed E-state index contributed by atoms with van der Waals surface area (Å²) in [7, 11) is 0. The fourth-order valence-corrected chi connectivity index (χ4v) is 2.03. The zero-order valence-electron chi connectivity index (χ0n) is 10.8. The van der Waals surface area contributed by atoms with Gasteiger partial charge in [-0.05, 0) is 26.2 Å². The average molecular weight is 228 g/mol. The smallest absolute Gasteiger partial charge is 0.239 e. The molecular formula is C12H24N2O2. The minimum atomic E-state index is -0.368. The third-order valence-corrected chi connectivity index (χ3v) is 2.93. The van der Waals surface area contributed by atoms with Crippen molar-refractivity contribution in [3.8, 4) is 0 Å². The van der Waals surface area contributed by atoms with Crippen LogP contribution in [0.4, 0.5) is 0 Å². The Labute approximate surface area is 98.1 Å². The lowest BCUT2D eigenvalue weighted by Crippen LogP contribution is -2.55. The normalized spacial score (nSPS) is 28.2. The summed E-state index contributed by atoms with van der Waals surface area (Å²) in [6.07, 6.45) is 0.864. The Hall–Kier alpha value is -0.610. The number of rotatable bonds is 3. The first-order valence-electron chi connectivity index (χ1n) is 6.09. The molecule has 1 heterocycles. The van der Waals surface area contributed by atoms with Gasteiger partial charge in [-0.1, -0.05) is 13.8 Å². The van der Waals surface area contributed by atoms with E-state index in [-0.39, 0.29) is 24.1 Å². The molecule has 4 nitrogen and oxygen atoms in total. The molecule has 0 aromatic carbocycles. The second-order valence-electron chi connectivity index (χ2n) is 5.22. The van der Waals surface area contributed by atoms with Crippen LogP contribution in [0.2, 0.25) is 0 Å². The standard InChI is InChI=1S/C12H24N2O2/c1-8(2)5-11(13)12(15)14-6-10(4)16-7-9(14)3/h8-11H,5-7,13H2,1-4H3/t9?,10?,11-/m0/s1. The van der Waals surface area contributed by atoms with Gasteiger partial charge < -0.3 is 15.4 Å². The van der Waals surface area contributed by atoms with E-state index in [2.05, 4.69) is 13.8 Å². The highest BCUT2D eigenvalue weighted by Gasteiger charge is 2.30. The molecule has 1 saturated heterocycles. The number of ether oxygens (including phenoxy) is 1. The Bertz CT molecular complexity index is 243. The molecule has 1 aliphatic rings. The van der Waals surface area contributed by atoms with E-state index >= 15 is 0 Å². The van der Waals surface area contributed by atoms with Crippen LogP contribution in [-0.4, -0.2) is 42.1 Å². The van der Waals surface area contributed by atoms with Gasteiger partial charge in [0.1, 0.15) is 0 Å². The van der Waals surface area contributed by atoms with E-state index in [0.29, 0.717) is 19.1 Å². The van der Waals surface area contributed by atoms with E-state index in [1.807, 2.05) is 18.7 Å². The van der Waals surface area contributed by atoms with E-state index < -0.39 is 0 Å². The van der Waals surface area contributed by atoms with Crippen molar-refractivity contribution < 1.29 is 9.53 Å². The maximum absolute atomic E-state index is 12.1. The van der Waals surface area contributed by atoms with Gasteiger partial charge in [-0.3, -0.25) is 4.79 Å². The molecule has 2 unspecified atom stereocenters. The van der Waals surface area contributed by atoms with Crippen LogP contribution in [0.5, 0.6) is 0 Å². The summed E-state index contributed by atoms with van der Waals surface area (Å²) in [6.45, 7) is 9.43. The quantitative estimate of drug-likeness (QED) is 0.784. The zero-order valence-corrected chi connectivity index (χ0v) is 10.8. The summed E-state index contributed by atoms with van der Waals surface area (Å²) in [5, 5.41) is 0. The lowest BCUT2D eigenvalue weighted by molar-refractivity contribution is -0.144. The number of amides is 1. The van der Waals surface area contributed by atoms with Gasteiger partial charge in [0.15, 0.2) is 0 Å². The molecule has 0 aromatic heterocycles. The van der Waals surface area contributed by atoms with Gasteiger partial charge in [0, 0.05) is 6.54 Å². The molecule has 0 radical (unpaired) electrons.